The summed E-state index contributed by atoms with van der Waals surface area (Å²) in [4.78, 5) is 26.9. The Labute approximate surface area is 182 Å². The van der Waals surface area contributed by atoms with Crippen molar-refractivity contribution in [3.63, 3.8) is 0 Å². The number of rotatable bonds is 8. The summed E-state index contributed by atoms with van der Waals surface area (Å²) in [6.07, 6.45) is 2.24. The van der Waals surface area contributed by atoms with Crippen LogP contribution in [0, 0.1) is 5.92 Å². The number of nitrogens with zero attached hydrogens (tertiary/aromatic N) is 1. The lowest BCUT2D eigenvalue weighted by molar-refractivity contribution is -0.123. The number of para-hydroxylation sites is 2. The van der Waals surface area contributed by atoms with Crippen molar-refractivity contribution < 1.29 is 14.3 Å². The van der Waals surface area contributed by atoms with E-state index in [9.17, 15) is 9.59 Å². The van der Waals surface area contributed by atoms with Gasteiger partial charge in [0.25, 0.3) is 0 Å². The first-order valence-electron chi connectivity index (χ1n) is 10.2. The Morgan fingerprint density at radius 3 is 2.50 bits per heavy atom. The van der Waals surface area contributed by atoms with Gasteiger partial charge in [0.15, 0.2) is 0 Å². The zero-order valence-corrected chi connectivity index (χ0v) is 18.0. The summed E-state index contributed by atoms with van der Waals surface area (Å²) in [5, 5.41) is 6.64. The van der Waals surface area contributed by atoms with Gasteiger partial charge >= 0.3 is 0 Å². The Balaban J connectivity index is 1.37. The minimum Gasteiger partial charge on any atom is -0.495 e. The minimum atomic E-state index is -0.0564. The lowest BCUT2D eigenvalue weighted by Crippen LogP contribution is -2.43. The van der Waals surface area contributed by atoms with E-state index in [2.05, 4.69) is 15.5 Å². The quantitative estimate of drug-likeness (QED) is 0.675. The van der Waals surface area contributed by atoms with E-state index in [1.165, 1.54) is 0 Å². The van der Waals surface area contributed by atoms with Crippen LogP contribution in [0.4, 0.5) is 5.69 Å². The van der Waals surface area contributed by atoms with Crippen LogP contribution in [-0.4, -0.2) is 50.0 Å². The summed E-state index contributed by atoms with van der Waals surface area (Å²) in [5.74, 6) is 0.616. The van der Waals surface area contributed by atoms with Crippen LogP contribution in [0.15, 0.2) is 48.5 Å². The van der Waals surface area contributed by atoms with Gasteiger partial charge in [-0.25, -0.2) is 0 Å². The van der Waals surface area contributed by atoms with Gasteiger partial charge in [0, 0.05) is 17.5 Å². The predicted octanol–water partition coefficient (Wildman–Crippen LogP) is 3.36. The molecule has 3 rings (SSSR count). The van der Waals surface area contributed by atoms with Crippen molar-refractivity contribution in [1.29, 1.82) is 0 Å². The Morgan fingerprint density at radius 1 is 1.10 bits per heavy atom. The van der Waals surface area contributed by atoms with Crippen molar-refractivity contribution in [2.24, 2.45) is 5.92 Å². The third-order valence-electron chi connectivity index (χ3n) is 5.34. The Bertz CT molecular complexity index is 849. The lowest BCUT2D eigenvalue weighted by atomic mass is 9.95. The smallest absolute Gasteiger partial charge is 0.234 e. The van der Waals surface area contributed by atoms with Crippen molar-refractivity contribution in [1.82, 2.24) is 10.2 Å². The molecule has 2 aromatic carbocycles. The monoisotopic (exact) mass is 429 g/mol. The topological polar surface area (TPSA) is 70.7 Å². The fraction of sp³-hybridized carbons (Fsp3) is 0.391. The lowest BCUT2D eigenvalue weighted by Gasteiger charge is -2.30. The number of carbonyl (C=O) groups excluding carboxylic acids is 2. The Morgan fingerprint density at radius 2 is 1.80 bits per heavy atom. The average molecular weight is 430 g/mol. The number of hydrogen-bond donors (Lipinski definition) is 2. The molecule has 7 heteroatoms. The third-order valence-corrected chi connectivity index (χ3v) is 5.59. The molecule has 0 saturated carbocycles. The van der Waals surface area contributed by atoms with E-state index in [0.717, 1.165) is 37.9 Å². The Hall–Kier alpha value is -2.57. The van der Waals surface area contributed by atoms with Gasteiger partial charge < -0.3 is 15.4 Å². The van der Waals surface area contributed by atoms with Gasteiger partial charge in [-0.1, -0.05) is 35.9 Å². The van der Waals surface area contributed by atoms with Crippen molar-refractivity contribution in [2.75, 3.05) is 38.6 Å². The first-order chi connectivity index (χ1) is 14.5. The highest BCUT2D eigenvalue weighted by Crippen LogP contribution is 2.25. The van der Waals surface area contributed by atoms with E-state index in [0.29, 0.717) is 29.5 Å². The van der Waals surface area contributed by atoms with E-state index < -0.39 is 0 Å². The van der Waals surface area contributed by atoms with E-state index in [-0.39, 0.29) is 17.7 Å². The molecule has 160 valence electrons. The van der Waals surface area contributed by atoms with Crippen molar-refractivity contribution in [3.8, 4) is 5.75 Å². The zero-order chi connectivity index (χ0) is 21.3. The third kappa shape index (κ3) is 6.47. The number of amides is 2. The number of hydrogen-bond acceptors (Lipinski definition) is 4. The van der Waals surface area contributed by atoms with Crippen LogP contribution in [0.1, 0.15) is 18.4 Å². The maximum absolute atomic E-state index is 12.6. The molecular weight excluding hydrogens is 402 g/mol. The van der Waals surface area contributed by atoms with Crippen LogP contribution < -0.4 is 15.4 Å². The maximum Gasteiger partial charge on any atom is 0.234 e. The molecule has 6 nitrogen and oxygen atoms in total. The molecule has 1 fully saturated rings. The number of carbonyl (C=O) groups is 2. The van der Waals surface area contributed by atoms with Crippen LogP contribution in [0.3, 0.4) is 0 Å². The maximum atomic E-state index is 12.6. The van der Waals surface area contributed by atoms with Gasteiger partial charge in [-0.2, -0.15) is 0 Å². The molecule has 0 aromatic heterocycles. The van der Waals surface area contributed by atoms with Gasteiger partial charge in [-0.05, 0) is 62.2 Å². The highest BCUT2D eigenvalue weighted by molar-refractivity contribution is 6.30. The highest BCUT2D eigenvalue weighted by Gasteiger charge is 2.26. The molecule has 1 saturated heterocycles. The molecular formula is C23H28ClN3O3. The summed E-state index contributed by atoms with van der Waals surface area (Å²) < 4.78 is 5.29. The molecule has 1 aliphatic heterocycles. The minimum absolute atomic E-state index is 0.00608. The van der Waals surface area contributed by atoms with E-state index in [4.69, 9.17) is 16.3 Å². The van der Waals surface area contributed by atoms with Gasteiger partial charge in [0.1, 0.15) is 5.75 Å². The van der Waals surface area contributed by atoms with Crippen molar-refractivity contribution in [2.45, 2.75) is 19.3 Å². The number of benzene rings is 2. The van der Waals surface area contributed by atoms with Crippen molar-refractivity contribution in [3.05, 3.63) is 59.1 Å². The second kappa shape index (κ2) is 11.0. The van der Waals surface area contributed by atoms with Crippen molar-refractivity contribution >= 4 is 29.1 Å². The molecule has 2 amide bonds. The van der Waals surface area contributed by atoms with Gasteiger partial charge in [0.2, 0.25) is 11.8 Å². The second-order valence-electron chi connectivity index (χ2n) is 7.47. The molecule has 1 heterocycles. The second-order valence-corrected chi connectivity index (χ2v) is 7.90. The molecule has 0 bridgehead atoms. The summed E-state index contributed by atoms with van der Waals surface area (Å²) in [6, 6.07) is 15.0. The molecule has 1 aliphatic rings. The SMILES string of the molecule is COc1ccccc1NC(=O)C1CCN(CC(=O)NCCc2ccc(Cl)cc2)CC1. The molecule has 2 N–H and O–H groups in total. The molecule has 0 radical (unpaired) electrons. The Kier molecular flexibility index (Phi) is 8.11. The molecule has 30 heavy (non-hydrogen) atoms. The number of likely N-dealkylation sites (tertiary alicyclic amines) is 1. The zero-order valence-electron chi connectivity index (χ0n) is 17.2. The van der Waals surface area contributed by atoms with E-state index >= 15 is 0 Å². The number of halogens is 1. The normalized spacial score (nSPS) is 14.9. The first-order valence-corrected chi connectivity index (χ1v) is 10.6. The van der Waals surface area contributed by atoms with Gasteiger partial charge in [-0.15, -0.1) is 0 Å². The first kappa shape index (κ1) is 22.1. The van der Waals surface area contributed by atoms with Gasteiger partial charge in [0.05, 0.1) is 19.3 Å². The summed E-state index contributed by atoms with van der Waals surface area (Å²) in [7, 11) is 1.59. The molecule has 0 spiro atoms. The fourth-order valence-electron chi connectivity index (χ4n) is 3.59. The number of anilines is 1. The van der Waals surface area contributed by atoms with Crippen LogP contribution in [0.2, 0.25) is 5.02 Å². The summed E-state index contributed by atoms with van der Waals surface area (Å²) in [6.45, 7) is 2.42. The number of nitrogens with one attached hydrogen (secondary N) is 2. The number of ether oxygens (including phenoxy) is 1. The van der Waals surface area contributed by atoms with Crippen LogP contribution in [0.5, 0.6) is 5.75 Å². The largest absolute Gasteiger partial charge is 0.495 e. The molecule has 0 unspecified atom stereocenters. The highest BCUT2D eigenvalue weighted by atomic mass is 35.5. The van der Waals surface area contributed by atoms with Crippen LogP contribution >= 0.6 is 11.6 Å². The predicted molar refractivity (Wildman–Crippen MR) is 119 cm³/mol. The van der Waals surface area contributed by atoms with E-state index in [1.54, 1.807) is 7.11 Å². The number of methoxy groups -OCH3 is 1. The molecule has 2 aromatic rings. The van der Waals surface area contributed by atoms with Crippen LogP contribution in [-0.2, 0) is 16.0 Å². The average Bonchev–Trinajstić information content (AvgIpc) is 2.76. The molecule has 0 aliphatic carbocycles. The van der Waals surface area contributed by atoms with Crippen LogP contribution in [0.25, 0.3) is 0 Å². The summed E-state index contributed by atoms with van der Waals surface area (Å²) >= 11 is 5.88. The molecule has 0 atom stereocenters. The number of piperidine rings is 1. The standard InChI is InChI=1S/C23H28ClN3O3/c1-30-21-5-3-2-4-20(21)26-23(29)18-11-14-27(15-12-18)16-22(28)25-13-10-17-6-8-19(24)9-7-17/h2-9,18H,10-16H2,1H3,(H,25,28)(H,26,29). The van der Waals surface area contributed by atoms with E-state index in [1.807, 2.05) is 48.5 Å². The van der Waals surface area contributed by atoms with Gasteiger partial charge in [-0.3, -0.25) is 14.5 Å². The fourth-order valence-corrected chi connectivity index (χ4v) is 3.72. The summed E-state index contributed by atoms with van der Waals surface area (Å²) in [5.41, 5.74) is 1.83.